The van der Waals surface area contributed by atoms with Crippen LogP contribution < -0.4 is 5.32 Å². The van der Waals surface area contributed by atoms with Gasteiger partial charge in [0.25, 0.3) is 0 Å². The summed E-state index contributed by atoms with van der Waals surface area (Å²) in [6.07, 6.45) is 0. The Morgan fingerprint density at radius 3 is 2.65 bits per heavy atom. The Labute approximate surface area is 122 Å². The molecule has 0 spiro atoms. The van der Waals surface area contributed by atoms with E-state index in [4.69, 9.17) is 0 Å². The maximum atomic E-state index is 11.3. The van der Waals surface area contributed by atoms with E-state index in [1.54, 1.807) is 23.5 Å². The van der Waals surface area contributed by atoms with Crippen molar-refractivity contribution in [3.05, 3.63) is 45.8 Å². The van der Waals surface area contributed by atoms with Gasteiger partial charge in [-0.1, -0.05) is 19.9 Å². The van der Waals surface area contributed by atoms with Gasteiger partial charge in [-0.05, 0) is 36.4 Å². The molecule has 2 rings (SSSR count). The standard InChI is InChI=1S/C15H18N2O2S/c1-9(2)13(12-5-4-8-20-12)17-14-11(15(18)19)7-6-10(3)16-14/h4-9,13H,1-3H3,(H,16,17)(H,18,19). The number of carboxylic acids is 1. The highest BCUT2D eigenvalue weighted by Gasteiger charge is 2.20. The largest absolute Gasteiger partial charge is 0.478 e. The number of pyridine rings is 1. The highest BCUT2D eigenvalue weighted by molar-refractivity contribution is 7.10. The Morgan fingerprint density at radius 1 is 1.35 bits per heavy atom. The third-order valence-electron chi connectivity index (χ3n) is 3.07. The molecule has 4 nitrogen and oxygen atoms in total. The van der Waals surface area contributed by atoms with Crippen LogP contribution in [0.5, 0.6) is 0 Å². The molecule has 2 N–H and O–H groups in total. The van der Waals surface area contributed by atoms with Crippen LogP contribution in [0.2, 0.25) is 0 Å². The van der Waals surface area contributed by atoms with E-state index in [1.165, 1.54) is 4.88 Å². The maximum Gasteiger partial charge on any atom is 0.339 e. The minimum absolute atomic E-state index is 0.0578. The molecule has 0 bridgehead atoms. The van der Waals surface area contributed by atoms with Crippen molar-refractivity contribution in [3.63, 3.8) is 0 Å². The van der Waals surface area contributed by atoms with Gasteiger partial charge < -0.3 is 10.4 Å². The predicted molar refractivity (Wildman–Crippen MR) is 81.5 cm³/mol. The van der Waals surface area contributed by atoms with Crippen LogP contribution in [0, 0.1) is 12.8 Å². The number of carboxylic acid groups (broad SMARTS) is 1. The lowest BCUT2D eigenvalue weighted by molar-refractivity contribution is 0.0697. The Kier molecular flexibility index (Phi) is 4.39. The van der Waals surface area contributed by atoms with Crippen LogP contribution in [-0.4, -0.2) is 16.1 Å². The molecule has 0 amide bonds. The third-order valence-corrected chi connectivity index (χ3v) is 4.03. The van der Waals surface area contributed by atoms with Crippen LogP contribution in [-0.2, 0) is 0 Å². The molecule has 1 atom stereocenters. The maximum absolute atomic E-state index is 11.3. The summed E-state index contributed by atoms with van der Waals surface area (Å²) in [5, 5.41) is 14.6. The monoisotopic (exact) mass is 290 g/mol. The molecule has 1 unspecified atom stereocenters. The van der Waals surface area contributed by atoms with Crippen molar-refractivity contribution >= 4 is 23.1 Å². The molecule has 0 saturated carbocycles. The number of nitrogens with one attached hydrogen (secondary N) is 1. The number of nitrogens with zero attached hydrogens (tertiary/aromatic N) is 1. The SMILES string of the molecule is Cc1ccc(C(=O)O)c(NC(c2cccs2)C(C)C)n1. The lowest BCUT2D eigenvalue weighted by atomic mass is 10.0. The van der Waals surface area contributed by atoms with Crippen LogP contribution in [0.1, 0.15) is 40.8 Å². The zero-order valence-electron chi connectivity index (χ0n) is 11.8. The van der Waals surface area contributed by atoms with Crippen LogP contribution in [0.15, 0.2) is 29.6 Å². The number of hydrogen-bond acceptors (Lipinski definition) is 4. The second-order valence-electron chi connectivity index (χ2n) is 5.04. The number of hydrogen-bond donors (Lipinski definition) is 2. The summed E-state index contributed by atoms with van der Waals surface area (Å²) in [5.74, 6) is -0.198. The summed E-state index contributed by atoms with van der Waals surface area (Å²) < 4.78 is 0. The lowest BCUT2D eigenvalue weighted by Crippen LogP contribution is -2.18. The topological polar surface area (TPSA) is 62.2 Å². The zero-order chi connectivity index (χ0) is 14.7. The van der Waals surface area contributed by atoms with Crippen LogP contribution in [0.4, 0.5) is 5.82 Å². The van der Waals surface area contributed by atoms with Crippen LogP contribution in [0.3, 0.4) is 0 Å². The molecule has 2 aromatic heterocycles. The second kappa shape index (κ2) is 6.05. The predicted octanol–water partition coefficient (Wildman–Crippen LogP) is 3.96. The van der Waals surface area contributed by atoms with E-state index in [0.29, 0.717) is 11.7 Å². The van der Waals surface area contributed by atoms with Gasteiger partial charge in [-0.25, -0.2) is 9.78 Å². The zero-order valence-corrected chi connectivity index (χ0v) is 12.6. The first-order chi connectivity index (χ1) is 9.49. The fourth-order valence-electron chi connectivity index (χ4n) is 2.02. The smallest absolute Gasteiger partial charge is 0.339 e. The summed E-state index contributed by atoms with van der Waals surface area (Å²) in [5.41, 5.74) is 1.00. The highest BCUT2D eigenvalue weighted by atomic mass is 32.1. The van der Waals surface area contributed by atoms with Crippen LogP contribution >= 0.6 is 11.3 Å². The molecule has 0 radical (unpaired) electrons. The Morgan fingerprint density at radius 2 is 2.10 bits per heavy atom. The van der Waals surface area contributed by atoms with E-state index in [-0.39, 0.29) is 11.6 Å². The summed E-state index contributed by atoms with van der Waals surface area (Å²) in [6, 6.07) is 7.42. The highest BCUT2D eigenvalue weighted by Crippen LogP contribution is 2.30. The number of thiophene rings is 1. The van der Waals surface area contributed by atoms with Gasteiger partial charge in [0.2, 0.25) is 0 Å². The first-order valence-electron chi connectivity index (χ1n) is 6.50. The molecule has 0 fully saturated rings. The van der Waals surface area contributed by atoms with Gasteiger partial charge in [-0.3, -0.25) is 0 Å². The fraction of sp³-hybridized carbons (Fsp3) is 0.333. The Bertz CT molecular complexity index is 594. The summed E-state index contributed by atoms with van der Waals surface area (Å²) in [7, 11) is 0. The Balaban J connectivity index is 2.36. The molecule has 0 aliphatic heterocycles. The van der Waals surface area contributed by atoms with Crippen molar-refractivity contribution in [2.75, 3.05) is 5.32 Å². The molecular formula is C15H18N2O2S. The summed E-state index contributed by atoms with van der Waals surface area (Å²) >= 11 is 1.66. The van der Waals surface area contributed by atoms with Crippen molar-refractivity contribution in [2.24, 2.45) is 5.92 Å². The van der Waals surface area contributed by atoms with Gasteiger partial charge in [0.05, 0.1) is 6.04 Å². The molecule has 0 aliphatic rings. The van der Waals surface area contributed by atoms with E-state index >= 15 is 0 Å². The second-order valence-corrected chi connectivity index (χ2v) is 6.01. The van der Waals surface area contributed by atoms with Crippen molar-refractivity contribution in [1.29, 1.82) is 0 Å². The number of anilines is 1. The number of aryl methyl sites for hydroxylation is 1. The van der Waals surface area contributed by atoms with Gasteiger partial charge in [-0.2, -0.15) is 0 Å². The van der Waals surface area contributed by atoms with Crippen LogP contribution in [0.25, 0.3) is 0 Å². The Hall–Kier alpha value is -1.88. The average molecular weight is 290 g/mol. The van der Waals surface area contributed by atoms with E-state index in [2.05, 4.69) is 30.2 Å². The molecule has 2 aromatic rings. The number of aromatic carboxylic acids is 1. The molecule has 2 heterocycles. The molecular weight excluding hydrogens is 272 g/mol. The summed E-state index contributed by atoms with van der Waals surface area (Å²) in [4.78, 5) is 16.8. The van der Waals surface area contributed by atoms with Gasteiger partial charge in [0.15, 0.2) is 0 Å². The van der Waals surface area contributed by atoms with Gasteiger partial charge >= 0.3 is 5.97 Å². The summed E-state index contributed by atoms with van der Waals surface area (Å²) in [6.45, 7) is 6.06. The third kappa shape index (κ3) is 3.17. The van der Waals surface area contributed by atoms with Gasteiger partial charge in [0.1, 0.15) is 11.4 Å². The average Bonchev–Trinajstić information content (AvgIpc) is 2.88. The molecule has 20 heavy (non-hydrogen) atoms. The van der Waals surface area contributed by atoms with Gasteiger partial charge in [-0.15, -0.1) is 11.3 Å². The normalized spacial score (nSPS) is 12.4. The quantitative estimate of drug-likeness (QED) is 0.875. The minimum atomic E-state index is -0.964. The first kappa shape index (κ1) is 14.5. The molecule has 106 valence electrons. The van der Waals surface area contributed by atoms with Crippen molar-refractivity contribution in [2.45, 2.75) is 26.8 Å². The fourth-order valence-corrected chi connectivity index (χ4v) is 2.97. The van der Waals surface area contributed by atoms with Crippen molar-refractivity contribution in [3.8, 4) is 0 Å². The van der Waals surface area contributed by atoms with Crippen molar-refractivity contribution in [1.82, 2.24) is 4.98 Å². The number of carbonyl (C=O) groups is 1. The van der Waals surface area contributed by atoms with E-state index in [9.17, 15) is 9.90 Å². The van der Waals surface area contributed by atoms with Crippen molar-refractivity contribution < 1.29 is 9.90 Å². The number of rotatable bonds is 5. The molecule has 0 aromatic carbocycles. The molecule has 0 aliphatic carbocycles. The van der Waals surface area contributed by atoms with E-state index in [1.807, 2.05) is 18.4 Å². The van der Waals surface area contributed by atoms with E-state index < -0.39 is 5.97 Å². The number of aromatic nitrogens is 1. The van der Waals surface area contributed by atoms with Gasteiger partial charge in [0, 0.05) is 10.6 Å². The lowest BCUT2D eigenvalue weighted by Gasteiger charge is -2.23. The molecule has 0 saturated heterocycles. The first-order valence-corrected chi connectivity index (χ1v) is 7.38. The molecule has 5 heteroatoms. The van der Waals surface area contributed by atoms with E-state index in [0.717, 1.165) is 5.69 Å². The minimum Gasteiger partial charge on any atom is -0.478 e.